The molecular weight excluding hydrogens is 482 g/mol. The summed E-state index contributed by atoms with van der Waals surface area (Å²) in [6.45, 7) is 2.07. The highest BCUT2D eigenvalue weighted by atomic mass is 19.1. The second-order valence-corrected chi connectivity index (χ2v) is 9.71. The molecule has 0 spiro atoms. The SMILES string of the molecule is CCOC(=O)[C@H]1C2CCC(CC2)[C@@H]1Nc1nc(-c2[nH]nc3ncc(F)cc23)nc(-c2cnn(C)c2)c1F. The van der Waals surface area contributed by atoms with Gasteiger partial charge in [-0.1, -0.05) is 0 Å². The number of fused-ring (bicyclic) bond motifs is 4. The van der Waals surface area contributed by atoms with Crippen molar-refractivity contribution < 1.29 is 18.3 Å². The van der Waals surface area contributed by atoms with Gasteiger partial charge in [0.2, 0.25) is 0 Å². The van der Waals surface area contributed by atoms with Crippen LogP contribution in [0.15, 0.2) is 24.7 Å². The fourth-order valence-corrected chi connectivity index (χ4v) is 5.83. The number of carbonyl (C=O) groups excluding carboxylic acids is 1. The minimum absolute atomic E-state index is 0.0290. The number of halogens is 2. The fourth-order valence-electron chi connectivity index (χ4n) is 5.83. The van der Waals surface area contributed by atoms with Gasteiger partial charge in [0.1, 0.15) is 17.2 Å². The Bertz CT molecular complexity index is 1480. The summed E-state index contributed by atoms with van der Waals surface area (Å²) in [5.41, 5.74) is 1.07. The summed E-state index contributed by atoms with van der Waals surface area (Å²) in [5, 5.41) is 14.7. The highest BCUT2D eigenvalue weighted by Crippen LogP contribution is 2.47. The van der Waals surface area contributed by atoms with E-state index in [-0.39, 0.29) is 53.4 Å². The van der Waals surface area contributed by atoms with E-state index in [1.807, 2.05) is 0 Å². The molecule has 12 heteroatoms. The Morgan fingerprint density at radius 1 is 1.19 bits per heavy atom. The van der Waals surface area contributed by atoms with Crippen LogP contribution >= 0.6 is 0 Å². The fraction of sp³-hybridized carbons (Fsp3) is 0.440. The highest BCUT2D eigenvalue weighted by molar-refractivity contribution is 5.89. The van der Waals surface area contributed by atoms with Gasteiger partial charge in [-0.05, 0) is 50.5 Å². The normalized spacial score (nSPS) is 22.9. The predicted octanol–water partition coefficient (Wildman–Crippen LogP) is 3.87. The number of H-pyrrole nitrogens is 1. The first-order valence-corrected chi connectivity index (χ1v) is 12.4. The molecule has 0 aliphatic heterocycles. The van der Waals surface area contributed by atoms with Crippen molar-refractivity contribution in [2.24, 2.45) is 24.8 Å². The first kappa shape index (κ1) is 23.4. The largest absolute Gasteiger partial charge is 0.466 e. The van der Waals surface area contributed by atoms with Crippen molar-refractivity contribution in [3.8, 4) is 22.8 Å². The molecule has 0 radical (unpaired) electrons. The number of nitrogens with zero attached hydrogens (tertiary/aromatic N) is 6. The van der Waals surface area contributed by atoms with Crippen LogP contribution in [0.1, 0.15) is 32.6 Å². The highest BCUT2D eigenvalue weighted by Gasteiger charge is 2.48. The number of ether oxygens (including phenoxy) is 1. The zero-order valence-electron chi connectivity index (χ0n) is 20.4. The van der Waals surface area contributed by atoms with Crippen LogP contribution in [0.2, 0.25) is 0 Å². The third-order valence-electron chi connectivity index (χ3n) is 7.51. The standard InChI is InChI=1S/C25H26F2N8O2/c1-3-37-25(36)17-12-4-6-13(7-5-12)19(17)30-23-18(27)20(14-9-29-35(2)11-14)31-24(32-23)21-16-8-15(26)10-28-22(16)34-33-21/h8-13,17,19H,3-7H2,1-2H3,(H,28,33,34)(H,30,31,32)/t12?,13?,17-,19-/m0/s1. The summed E-state index contributed by atoms with van der Waals surface area (Å²) in [6.07, 6.45) is 8.02. The number of esters is 1. The van der Waals surface area contributed by atoms with E-state index in [2.05, 4.69) is 35.6 Å². The number of nitrogens with one attached hydrogen (secondary N) is 2. The van der Waals surface area contributed by atoms with Crippen LogP contribution in [0.3, 0.4) is 0 Å². The molecule has 2 atom stereocenters. The minimum atomic E-state index is -0.658. The lowest BCUT2D eigenvalue weighted by molar-refractivity contribution is -0.154. The average Bonchev–Trinajstić information content (AvgIpc) is 3.52. The molecule has 2 bridgehead atoms. The van der Waals surface area contributed by atoms with Crippen molar-refractivity contribution in [3.05, 3.63) is 36.3 Å². The second-order valence-electron chi connectivity index (χ2n) is 9.71. The molecule has 192 valence electrons. The van der Waals surface area contributed by atoms with Crippen molar-refractivity contribution in [1.29, 1.82) is 0 Å². The van der Waals surface area contributed by atoms with E-state index in [4.69, 9.17) is 4.74 Å². The Balaban J connectivity index is 1.47. The Morgan fingerprint density at radius 3 is 2.70 bits per heavy atom. The second kappa shape index (κ2) is 9.16. The molecule has 0 amide bonds. The van der Waals surface area contributed by atoms with Gasteiger partial charge in [0.25, 0.3) is 0 Å². The molecule has 7 rings (SSSR count). The van der Waals surface area contributed by atoms with Crippen LogP contribution in [-0.2, 0) is 16.6 Å². The molecule has 37 heavy (non-hydrogen) atoms. The molecule has 0 aromatic carbocycles. The molecular formula is C25H26F2N8O2. The Morgan fingerprint density at radius 2 is 1.97 bits per heavy atom. The molecule has 2 N–H and O–H groups in total. The first-order chi connectivity index (χ1) is 17.9. The van der Waals surface area contributed by atoms with Gasteiger partial charge in [-0.3, -0.25) is 14.6 Å². The number of rotatable bonds is 6. The van der Waals surface area contributed by atoms with E-state index >= 15 is 4.39 Å². The number of aromatic amines is 1. The maximum absolute atomic E-state index is 16.0. The van der Waals surface area contributed by atoms with Gasteiger partial charge in [-0.25, -0.2) is 23.7 Å². The van der Waals surface area contributed by atoms with Crippen LogP contribution in [-0.4, -0.2) is 53.5 Å². The molecule has 0 unspecified atom stereocenters. The van der Waals surface area contributed by atoms with E-state index < -0.39 is 17.6 Å². The van der Waals surface area contributed by atoms with Crippen LogP contribution in [0.4, 0.5) is 14.6 Å². The van der Waals surface area contributed by atoms with Crippen molar-refractivity contribution in [2.75, 3.05) is 11.9 Å². The zero-order valence-corrected chi connectivity index (χ0v) is 20.4. The van der Waals surface area contributed by atoms with Crippen molar-refractivity contribution >= 4 is 22.8 Å². The summed E-state index contributed by atoms with van der Waals surface area (Å²) >= 11 is 0. The van der Waals surface area contributed by atoms with Crippen LogP contribution in [0.5, 0.6) is 0 Å². The summed E-state index contributed by atoms with van der Waals surface area (Å²) in [7, 11) is 1.72. The van der Waals surface area contributed by atoms with E-state index in [0.717, 1.165) is 31.9 Å². The first-order valence-electron chi connectivity index (χ1n) is 12.4. The van der Waals surface area contributed by atoms with Gasteiger partial charge in [0.15, 0.2) is 23.1 Å². The quantitative estimate of drug-likeness (QED) is 0.376. The number of aromatic nitrogens is 7. The number of pyridine rings is 1. The van der Waals surface area contributed by atoms with E-state index in [1.54, 1.807) is 24.9 Å². The van der Waals surface area contributed by atoms with Crippen LogP contribution in [0.25, 0.3) is 33.8 Å². The van der Waals surface area contributed by atoms with Crippen molar-refractivity contribution in [1.82, 2.24) is 34.9 Å². The summed E-state index contributed by atoms with van der Waals surface area (Å²) < 4.78 is 37.0. The summed E-state index contributed by atoms with van der Waals surface area (Å²) in [6, 6.07) is 0.949. The lowest BCUT2D eigenvalue weighted by Crippen LogP contribution is -2.52. The molecule has 4 heterocycles. The molecule has 3 saturated carbocycles. The Kier molecular flexibility index (Phi) is 5.81. The maximum atomic E-state index is 16.0. The number of hydrogen-bond donors (Lipinski definition) is 2. The number of carbonyl (C=O) groups is 1. The molecule has 10 nitrogen and oxygen atoms in total. The topological polar surface area (TPSA) is 124 Å². The lowest BCUT2D eigenvalue weighted by atomic mass is 9.61. The monoisotopic (exact) mass is 508 g/mol. The van der Waals surface area contributed by atoms with Gasteiger partial charge in [-0.15, -0.1) is 0 Å². The third-order valence-corrected chi connectivity index (χ3v) is 7.51. The van der Waals surface area contributed by atoms with E-state index in [1.165, 1.54) is 12.3 Å². The van der Waals surface area contributed by atoms with Gasteiger partial charge in [0.05, 0.1) is 30.3 Å². The smallest absolute Gasteiger partial charge is 0.311 e. The zero-order chi connectivity index (χ0) is 25.7. The minimum Gasteiger partial charge on any atom is -0.466 e. The van der Waals surface area contributed by atoms with Gasteiger partial charge in [0, 0.05) is 24.8 Å². The molecule has 3 aliphatic carbocycles. The molecule has 4 aromatic heterocycles. The number of anilines is 1. The van der Waals surface area contributed by atoms with Crippen molar-refractivity contribution in [2.45, 2.75) is 38.6 Å². The average molecular weight is 509 g/mol. The van der Waals surface area contributed by atoms with Gasteiger partial charge in [-0.2, -0.15) is 10.2 Å². The molecule has 4 aromatic rings. The predicted molar refractivity (Wildman–Crippen MR) is 130 cm³/mol. The molecule has 3 aliphatic rings. The molecule has 3 fully saturated rings. The number of aryl methyl sites for hydroxylation is 1. The van der Waals surface area contributed by atoms with Gasteiger partial charge >= 0.3 is 5.97 Å². The summed E-state index contributed by atoms with van der Waals surface area (Å²) in [5.74, 6) is -1.42. The number of hydrogen-bond acceptors (Lipinski definition) is 8. The van der Waals surface area contributed by atoms with Gasteiger partial charge < -0.3 is 10.1 Å². The lowest BCUT2D eigenvalue weighted by Gasteiger charge is -2.47. The Hall–Kier alpha value is -3.96. The molecule has 0 saturated heterocycles. The van der Waals surface area contributed by atoms with E-state index in [0.29, 0.717) is 16.6 Å². The van der Waals surface area contributed by atoms with Crippen molar-refractivity contribution in [3.63, 3.8) is 0 Å². The van der Waals surface area contributed by atoms with E-state index in [9.17, 15) is 9.18 Å². The summed E-state index contributed by atoms with van der Waals surface area (Å²) in [4.78, 5) is 25.9. The third kappa shape index (κ3) is 4.09. The maximum Gasteiger partial charge on any atom is 0.311 e. The van der Waals surface area contributed by atoms with Crippen LogP contribution in [0, 0.1) is 29.4 Å². The van der Waals surface area contributed by atoms with Crippen LogP contribution < -0.4 is 5.32 Å². The Labute approximate surface area is 210 Å².